The third-order valence-corrected chi connectivity index (χ3v) is 7.83. The predicted octanol–water partition coefficient (Wildman–Crippen LogP) is 4.04. The first-order valence-corrected chi connectivity index (χ1v) is 13.1. The van der Waals surface area contributed by atoms with Gasteiger partial charge in [0.1, 0.15) is 5.65 Å². The molecular weight excluding hydrogens is 460 g/mol. The summed E-state index contributed by atoms with van der Waals surface area (Å²) in [6, 6.07) is 19.0. The molecule has 0 spiro atoms. The van der Waals surface area contributed by atoms with Crippen LogP contribution >= 0.6 is 0 Å². The van der Waals surface area contributed by atoms with Gasteiger partial charge in [0.25, 0.3) is 5.91 Å². The molecule has 190 valence electrons. The molecule has 1 N–H and O–H groups in total. The number of nitrogens with zero attached hydrogens (tertiary/aromatic N) is 5. The molecule has 0 bridgehead atoms. The van der Waals surface area contributed by atoms with Crippen molar-refractivity contribution in [3.8, 4) is 22.3 Å². The van der Waals surface area contributed by atoms with Crippen molar-refractivity contribution in [2.24, 2.45) is 0 Å². The maximum atomic E-state index is 12.9. The van der Waals surface area contributed by atoms with Gasteiger partial charge in [-0.2, -0.15) is 0 Å². The number of pyridine rings is 1. The van der Waals surface area contributed by atoms with Gasteiger partial charge in [0.05, 0.1) is 0 Å². The Labute approximate surface area is 218 Å². The average Bonchev–Trinajstić information content (AvgIpc) is 3.37. The molecule has 2 aromatic heterocycles. The van der Waals surface area contributed by atoms with E-state index >= 15 is 0 Å². The van der Waals surface area contributed by atoms with E-state index in [-0.39, 0.29) is 5.91 Å². The molecule has 0 atom stereocenters. The van der Waals surface area contributed by atoms with Gasteiger partial charge in [-0.05, 0) is 55.6 Å². The monoisotopic (exact) mass is 494 g/mol. The molecule has 7 nitrogen and oxygen atoms in total. The molecule has 2 aliphatic heterocycles. The summed E-state index contributed by atoms with van der Waals surface area (Å²) in [6.07, 6.45) is 3.94. The molecule has 37 heavy (non-hydrogen) atoms. The van der Waals surface area contributed by atoms with Crippen molar-refractivity contribution in [3.63, 3.8) is 0 Å². The standard InChI is InChI=1S/C30H34N6O/c1-33-11-15-35(16-12-33)26-9-7-22(8-10-26)25-19-27-28(21-32-29(27)31-20-25)23-3-5-24(6-4-23)30(37)36-17-13-34(2)14-18-36/h3-10,19-21H,11-18H2,1-2H3,(H,31,32). The number of carbonyl (C=O) groups is 1. The number of nitrogens with one attached hydrogen (secondary N) is 1. The number of aromatic nitrogens is 2. The Kier molecular flexibility index (Phi) is 6.40. The number of hydrogen-bond acceptors (Lipinski definition) is 5. The minimum absolute atomic E-state index is 0.113. The number of aromatic amines is 1. The first-order chi connectivity index (χ1) is 18.0. The number of anilines is 1. The van der Waals surface area contributed by atoms with E-state index in [1.54, 1.807) is 0 Å². The number of rotatable bonds is 4. The molecule has 2 saturated heterocycles. The van der Waals surface area contributed by atoms with E-state index in [2.05, 4.69) is 64.1 Å². The second kappa shape index (κ2) is 10.00. The minimum Gasteiger partial charge on any atom is -0.369 e. The van der Waals surface area contributed by atoms with Crippen LogP contribution in [0, 0.1) is 0 Å². The molecular formula is C30H34N6O. The fourth-order valence-electron chi connectivity index (χ4n) is 5.31. The zero-order valence-electron chi connectivity index (χ0n) is 21.7. The molecule has 0 aliphatic carbocycles. The Morgan fingerprint density at radius 3 is 2.05 bits per heavy atom. The highest BCUT2D eigenvalue weighted by Crippen LogP contribution is 2.32. The van der Waals surface area contributed by atoms with E-state index in [9.17, 15) is 4.79 Å². The third kappa shape index (κ3) is 4.84. The van der Waals surface area contributed by atoms with Crippen molar-refractivity contribution in [1.82, 2.24) is 24.7 Å². The number of likely N-dealkylation sites (N-methyl/N-ethyl adjacent to an activating group) is 2. The number of amides is 1. The van der Waals surface area contributed by atoms with Crippen LogP contribution in [0.2, 0.25) is 0 Å². The van der Waals surface area contributed by atoms with Gasteiger partial charge in [-0.1, -0.05) is 24.3 Å². The lowest BCUT2D eigenvalue weighted by molar-refractivity contribution is 0.0664. The van der Waals surface area contributed by atoms with Gasteiger partial charge in [0.2, 0.25) is 0 Å². The van der Waals surface area contributed by atoms with E-state index < -0.39 is 0 Å². The van der Waals surface area contributed by atoms with Crippen LogP contribution in [0.3, 0.4) is 0 Å². The minimum atomic E-state index is 0.113. The molecule has 1 amide bonds. The van der Waals surface area contributed by atoms with Crippen LogP contribution in [0.4, 0.5) is 5.69 Å². The summed E-state index contributed by atoms with van der Waals surface area (Å²) in [5.74, 6) is 0.113. The second-order valence-corrected chi connectivity index (χ2v) is 10.3. The number of H-pyrrole nitrogens is 1. The first-order valence-electron chi connectivity index (χ1n) is 13.1. The van der Waals surface area contributed by atoms with E-state index in [4.69, 9.17) is 4.98 Å². The summed E-state index contributed by atoms with van der Waals surface area (Å²) >= 11 is 0. The summed E-state index contributed by atoms with van der Waals surface area (Å²) in [5, 5.41) is 1.08. The largest absolute Gasteiger partial charge is 0.369 e. The van der Waals surface area contributed by atoms with Crippen molar-refractivity contribution >= 4 is 22.6 Å². The molecule has 7 heteroatoms. The Morgan fingerprint density at radius 1 is 0.757 bits per heavy atom. The molecule has 0 saturated carbocycles. The van der Waals surface area contributed by atoms with Crippen LogP contribution in [-0.2, 0) is 0 Å². The summed E-state index contributed by atoms with van der Waals surface area (Å²) in [5.41, 5.74) is 7.31. The van der Waals surface area contributed by atoms with E-state index in [1.165, 1.54) is 5.69 Å². The second-order valence-electron chi connectivity index (χ2n) is 10.3. The third-order valence-electron chi connectivity index (χ3n) is 7.83. The SMILES string of the molecule is CN1CCN(C(=O)c2ccc(-c3c[nH]c4ncc(-c5ccc(N6CCN(C)CC6)cc5)cc34)cc2)CC1. The van der Waals surface area contributed by atoms with Gasteiger partial charge in [0, 0.05) is 92.5 Å². The van der Waals surface area contributed by atoms with E-state index in [0.717, 1.165) is 91.2 Å². The number of benzene rings is 2. The maximum Gasteiger partial charge on any atom is 0.253 e. The zero-order chi connectivity index (χ0) is 25.4. The maximum absolute atomic E-state index is 12.9. The van der Waals surface area contributed by atoms with Crippen LogP contribution in [-0.4, -0.2) is 97.0 Å². The molecule has 4 aromatic rings. The molecule has 0 radical (unpaired) electrons. The zero-order valence-corrected chi connectivity index (χ0v) is 21.7. The Hall–Kier alpha value is -3.68. The average molecular weight is 495 g/mol. The van der Waals surface area contributed by atoms with Crippen LogP contribution in [0.5, 0.6) is 0 Å². The number of fused-ring (bicyclic) bond motifs is 1. The van der Waals surface area contributed by atoms with Gasteiger partial charge in [-0.25, -0.2) is 4.98 Å². The van der Waals surface area contributed by atoms with Crippen LogP contribution in [0.25, 0.3) is 33.3 Å². The quantitative estimate of drug-likeness (QED) is 0.464. The fourth-order valence-corrected chi connectivity index (χ4v) is 5.31. The highest BCUT2D eigenvalue weighted by atomic mass is 16.2. The van der Waals surface area contributed by atoms with Crippen LogP contribution in [0.1, 0.15) is 10.4 Å². The molecule has 4 heterocycles. The van der Waals surface area contributed by atoms with Crippen molar-refractivity contribution in [1.29, 1.82) is 0 Å². The van der Waals surface area contributed by atoms with E-state index in [0.29, 0.717) is 0 Å². The van der Waals surface area contributed by atoms with Crippen molar-refractivity contribution < 1.29 is 4.79 Å². The number of carbonyl (C=O) groups excluding carboxylic acids is 1. The highest BCUT2D eigenvalue weighted by Gasteiger charge is 2.20. The normalized spacial score (nSPS) is 17.5. The summed E-state index contributed by atoms with van der Waals surface area (Å²) in [4.78, 5) is 30.0. The Bertz CT molecular complexity index is 1380. The fraction of sp³-hybridized carbons (Fsp3) is 0.333. The molecule has 2 fully saturated rings. The van der Waals surface area contributed by atoms with Crippen molar-refractivity contribution in [2.75, 3.05) is 71.4 Å². The molecule has 2 aromatic carbocycles. The molecule has 6 rings (SSSR count). The van der Waals surface area contributed by atoms with Gasteiger partial charge in [0.15, 0.2) is 0 Å². The molecule has 2 aliphatic rings. The number of piperazine rings is 2. The molecule has 0 unspecified atom stereocenters. The Balaban J connectivity index is 1.22. The summed E-state index contributed by atoms with van der Waals surface area (Å²) in [7, 11) is 4.28. The van der Waals surface area contributed by atoms with Crippen LogP contribution < -0.4 is 4.90 Å². The van der Waals surface area contributed by atoms with E-state index in [1.807, 2.05) is 41.6 Å². The van der Waals surface area contributed by atoms with Gasteiger partial charge >= 0.3 is 0 Å². The summed E-state index contributed by atoms with van der Waals surface area (Å²) < 4.78 is 0. The van der Waals surface area contributed by atoms with Gasteiger partial charge in [-0.15, -0.1) is 0 Å². The number of hydrogen-bond donors (Lipinski definition) is 1. The van der Waals surface area contributed by atoms with Gasteiger partial charge in [-0.3, -0.25) is 4.79 Å². The van der Waals surface area contributed by atoms with Crippen molar-refractivity contribution in [3.05, 3.63) is 72.6 Å². The topological polar surface area (TPSA) is 58.7 Å². The smallest absolute Gasteiger partial charge is 0.253 e. The predicted molar refractivity (Wildman–Crippen MR) is 150 cm³/mol. The lowest BCUT2D eigenvalue weighted by Crippen LogP contribution is -2.47. The Morgan fingerprint density at radius 2 is 1.38 bits per heavy atom. The lowest BCUT2D eigenvalue weighted by Gasteiger charge is -2.34. The summed E-state index contributed by atoms with van der Waals surface area (Å²) in [6.45, 7) is 7.74. The van der Waals surface area contributed by atoms with Gasteiger partial charge < -0.3 is 24.6 Å². The lowest BCUT2D eigenvalue weighted by atomic mass is 10.0. The first kappa shape index (κ1) is 23.7. The highest BCUT2D eigenvalue weighted by molar-refractivity contribution is 5.98. The van der Waals surface area contributed by atoms with Crippen LogP contribution in [0.15, 0.2) is 67.0 Å². The van der Waals surface area contributed by atoms with Crippen molar-refractivity contribution in [2.45, 2.75) is 0 Å².